The largest absolute Gasteiger partial charge is 0.505 e. The van der Waals surface area contributed by atoms with Gasteiger partial charge >= 0.3 is 0 Å². The Labute approximate surface area is 316 Å². The molecule has 0 aliphatic heterocycles. The molecule has 6 nitrogen and oxygen atoms in total. The summed E-state index contributed by atoms with van der Waals surface area (Å²) in [5.41, 5.74) is 11.8. The van der Waals surface area contributed by atoms with Gasteiger partial charge in [0.1, 0.15) is 17.0 Å². The molecule has 0 aliphatic carbocycles. The smallest absolute Gasteiger partial charge is 0.168 e. The molecule has 8 rings (SSSR count). The summed E-state index contributed by atoms with van der Waals surface area (Å²) < 4.78 is 2.14. The molecular formula is C48H43N5O. The number of pyridine rings is 3. The van der Waals surface area contributed by atoms with Crippen LogP contribution in [0.3, 0.4) is 0 Å². The number of aromatic hydroxyl groups is 1. The van der Waals surface area contributed by atoms with Crippen LogP contribution in [0.4, 0.5) is 0 Å². The number of nitrogens with zero attached hydrogens (tertiary/aromatic N) is 5. The summed E-state index contributed by atoms with van der Waals surface area (Å²) in [6, 6.07) is 45.5. The minimum atomic E-state index is -0.348. The molecule has 0 amide bonds. The van der Waals surface area contributed by atoms with Crippen molar-refractivity contribution in [3.8, 4) is 67.7 Å². The molecule has 0 saturated heterocycles. The average molecular weight is 706 g/mol. The average Bonchev–Trinajstić information content (AvgIpc) is 3.57. The molecule has 0 aliphatic rings. The summed E-state index contributed by atoms with van der Waals surface area (Å²) in [4.78, 5) is 20.3. The van der Waals surface area contributed by atoms with Gasteiger partial charge < -0.3 is 5.11 Å². The van der Waals surface area contributed by atoms with E-state index >= 15 is 0 Å². The monoisotopic (exact) mass is 705 g/mol. The lowest BCUT2D eigenvalue weighted by Crippen LogP contribution is -2.19. The maximum Gasteiger partial charge on any atom is 0.168 e. The van der Waals surface area contributed by atoms with Gasteiger partial charge in [-0.1, -0.05) is 139 Å². The number of imidazole rings is 1. The van der Waals surface area contributed by atoms with E-state index in [1.54, 1.807) is 0 Å². The predicted octanol–water partition coefficient (Wildman–Crippen LogP) is 11.8. The van der Waals surface area contributed by atoms with Crippen LogP contribution in [0.1, 0.15) is 52.8 Å². The number of benzene rings is 4. The van der Waals surface area contributed by atoms with Gasteiger partial charge in [-0.15, -0.1) is 0 Å². The first-order chi connectivity index (χ1) is 26.0. The Morgan fingerprint density at radius 1 is 0.519 bits per heavy atom. The molecule has 0 bridgehead atoms. The molecule has 266 valence electrons. The van der Waals surface area contributed by atoms with Crippen LogP contribution in [0, 0.1) is 0 Å². The molecule has 4 heterocycles. The van der Waals surface area contributed by atoms with Crippen molar-refractivity contribution in [1.29, 1.82) is 0 Å². The number of hydrogen-bond donors (Lipinski definition) is 1. The Bertz CT molecular complexity index is 2630. The molecule has 1 N–H and O–H groups in total. The van der Waals surface area contributed by atoms with Crippen LogP contribution in [0.25, 0.3) is 73.0 Å². The summed E-state index contributed by atoms with van der Waals surface area (Å²) in [5, 5.41) is 12.2. The summed E-state index contributed by atoms with van der Waals surface area (Å²) >= 11 is 0. The van der Waals surface area contributed by atoms with Gasteiger partial charge in [0, 0.05) is 45.8 Å². The summed E-state index contributed by atoms with van der Waals surface area (Å²) in [7, 11) is 0. The van der Waals surface area contributed by atoms with E-state index in [1.165, 1.54) is 0 Å². The number of rotatable bonds is 6. The standard InChI is InChI=1S/C48H43N5O/c1-47(2,3)37-30-41(48(4,5)6)51-44(45(37)54)46-52-43-40(53(46)39-23-14-13-22-36(39)32-18-11-8-12-19-32)25-27-50-42(43)35-21-15-20-34(28-35)38-29-33(24-26-49-38)31-16-9-7-10-17-31/h7-30,54H,1-6H3. The SMILES string of the molecule is CC(C)(C)c1cc(C(C)(C)C)c(O)c(-c2nc3c(-c4cccc(-c5cc(-c6ccccc6)ccn5)c4)nccc3n2-c2ccccc2-c2ccccc2)n1. The maximum atomic E-state index is 12.2. The molecule has 0 saturated carbocycles. The zero-order valence-corrected chi connectivity index (χ0v) is 31.5. The Kier molecular flexibility index (Phi) is 8.69. The number of fused-ring (bicyclic) bond motifs is 1. The van der Waals surface area contributed by atoms with Crippen LogP contribution in [-0.2, 0) is 10.8 Å². The van der Waals surface area contributed by atoms with Gasteiger partial charge in [-0.2, -0.15) is 0 Å². The molecule has 0 fully saturated rings. The van der Waals surface area contributed by atoms with Gasteiger partial charge in [0.25, 0.3) is 0 Å². The molecule has 0 atom stereocenters. The van der Waals surface area contributed by atoms with Crippen molar-refractivity contribution in [1.82, 2.24) is 24.5 Å². The molecule has 4 aromatic heterocycles. The van der Waals surface area contributed by atoms with Crippen LogP contribution in [0.15, 0.2) is 146 Å². The third-order valence-corrected chi connectivity index (χ3v) is 9.88. The minimum absolute atomic E-state index is 0.130. The molecule has 0 spiro atoms. The van der Waals surface area contributed by atoms with Crippen LogP contribution in [0.2, 0.25) is 0 Å². The Morgan fingerprint density at radius 3 is 1.89 bits per heavy atom. The van der Waals surface area contributed by atoms with E-state index in [-0.39, 0.29) is 16.6 Å². The normalized spacial score (nSPS) is 12.0. The first-order valence-corrected chi connectivity index (χ1v) is 18.4. The maximum absolute atomic E-state index is 12.2. The molecular weight excluding hydrogens is 663 g/mol. The highest BCUT2D eigenvalue weighted by Gasteiger charge is 2.30. The quantitative estimate of drug-likeness (QED) is 0.186. The molecule has 8 aromatic rings. The van der Waals surface area contributed by atoms with Crippen LogP contribution >= 0.6 is 0 Å². The van der Waals surface area contributed by atoms with E-state index in [9.17, 15) is 5.11 Å². The first-order valence-electron chi connectivity index (χ1n) is 18.4. The van der Waals surface area contributed by atoms with Crippen molar-refractivity contribution in [2.75, 3.05) is 0 Å². The van der Waals surface area contributed by atoms with Crippen LogP contribution < -0.4 is 0 Å². The fourth-order valence-corrected chi connectivity index (χ4v) is 7.02. The first kappa shape index (κ1) is 34.7. The van der Waals surface area contributed by atoms with E-state index < -0.39 is 0 Å². The van der Waals surface area contributed by atoms with Crippen molar-refractivity contribution in [2.45, 2.75) is 52.4 Å². The third-order valence-electron chi connectivity index (χ3n) is 9.88. The van der Waals surface area contributed by atoms with Crippen molar-refractivity contribution < 1.29 is 5.11 Å². The number of aromatic nitrogens is 5. The lowest BCUT2D eigenvalue weighted by atomic mass is 9.82. The van der Waals surface area contributed by atoms with Crippen LogP contribution in [-0.4, -0.2) is 29.6 Å². The zero-order valence-electron chi connectivity index (χ0n) is 31.5. The summed E-state index contributed by atoms with van der Waals surface area (Å²) in [5.74, 6) is 0.676. The van der Waals surface area contributed by atoms with Gasteiger partial charge in [0.05, 0.1) is 22.6 Å². The second-order valence-electron chi connectivity index (χ2n) is 15.8. The Morgan fingerprint density at radius 2 is 1.17 bits per heavy atom. The van der Waals surface area contributed by atoms with Gasteiger partial charge in [-0.3, -0.25) is 14.5 Å². The molecule has 0 radical (unpaired) electrons. The Balaban J connectivity index is 1.39. The fourth-order valence-electron chi connectivity index (χ4n) is 7.02. The molecule has 6 heteroatoms. The molecule has 4 aromatic carbocycles. The second-order valence-corrected chi connectivity index (χ2v) is 15.8. The van der Waals surface area contributed by atoms with Gasteiger partial charge in [-0.05, 0) is 58.5 Å². The van der Waals surface area contributed by atoms with Gasteiger partial charge in [0.2, 0.25) is 0 Å². The number of hydrogen-bond acceptors (Lipinski definition) is 5. The number of para-hydroxylation sites is 1. The van der Waals surface area contributed by atoms with E-state index in [0.717, 1.165) is 67.2 Å². The molecule has 0 unspecified atom stereocenters. The van der Waals surface area contributed by atoms with E-state index in [2.05, 4.69) is 113 Å². The highest BCUT2D eigenvalue weighted by atomic mass is 16.3. The Hall–Kier alpha value is -6.40. The van der Waals surface area contributed by atoms with Crippen molar-refractivity contribution in [3.05, 3.63) is 157 Å². The fraction of sp³-hybridized carbons (Fsp3) is 0.167. The third kappa shape index (κ3) is 6.45. The lowest BCUT2D eigenvalue weighted by Gasteiger charge is -2.26. The van der Waals surface area contributed by atoms with Crippen molar-refractivity contribution in [2.24, 2.45) is 0 Å². The topological polar surface area (TPSA) is 76.7 Å². The van der Waals surface area contributed by atoms with E-state index in [1.807, 2.05) is 79.1 Å². The van der Waals surface area contributed by atoms with Crippen LogP contribution in [0.5, 0.6) is 5.75 Å². The second kappa shape index (κ2) is 13.5. The summed E-state index contributed by atoms with van der Waals surface area (Å²) in [6.07, 6.45) is 3.70. The van der Waals surface area contributed by atoms with Crippen molar-refractivity contribution in [3.63, 3.8) is 0 Å². The predicted molar refractivity (Wildman–Crippen MR) is 221 cm³/mol. The lowest BCUT2D eigenvalue weighted by molar-refractivity contribution is 0.441. The molecule has 54 heavy (non-hydrogen) atoms. The highest BCUT2D eigenvalue weighted by Crippen LogP contribution is 2.43. The van der Waals surface area contributed by atoms with Gasteiger partial charge in [0.15, 0.2) is 5.82 Å². The van der Waals surface area contributed by atoms with E-state index in [4.69, 9.17) is 19.9 Å². The summed E-state index contributed by atoms with van der Waals surface area (Å²) in [6.45, 7) is 12.8. The zero-order chi connectivity index (χ0) is 37.6. The highest BCUT2D eigenvalue weighted by molar-refractivity contribution is 5.95. The minimum Gasteiger partial charge on any atom is -0.505 e. The van der Waals surface area contributed by atoms with E-state index in [0.29, 0.717) is 17.0 Å². The van der Waals surface area contributed by atoms with Gasteiger partial charge in [-0.25, -0.2) is 9.97 Å². The van der Waals surface area contributed by atoms with Crippen molar-refractivity contribution >= 4 is 11.0 Å².